The average molecular weight is 305 g/mol. The van der Waals surface area contributed by atoms with Crippen LogP contribution in [-0.4, -0.2) is 10.3 Å². The highest BCUT2D eigenvalue weighted by Crippen LogP contribution is 2.28. The molecule has 0 fully saturated rings. The number of aromatic nitrogens is 1. The third-order valence-corrected chi connectivity index (χ3v) is 3.75. The molecule has 1 atom stereocenters. The van der Waals surface area contributed by atoms with Crippen molar-refractivity contribution in [3.8, 4) is 0 Å². The molecule has 0 bridgehead atoms. The fourth-order valence-electron chi connectivity index (χ4n) is 2.55. The van der Waals surface area contributed by atoms with Crippen LogP contribution in [0.1, 0.15) is 22.6 Å². The topological polar surface area (TPSA) is 46.3 Å². The van der Waals surface area contributed by atoms with Crippen LogP contribution in [0.5, 0.6) is 0 Å². The van der Waals surface area contributed by atoms with Gasteiger partial charge < -0.3 is 9.63 Å². The van der Waals surface area contributed by atoms with E-state index in [1.165, 1.54) is 0 Å². The molecule has 3 aromatic rings. The highest BCUT2D eigenvalue weighted by atomic mass is 16.5. The summed E-state index contributed by atoms with van der Waals surface area (Å²) >= 11 is 0. The van der Waals surface area contributed by atoms with Crippen LogP contribution < -0.4 is 0 Å². The van der Waals surface area contributed by atoms with E-state index in [4.69, 9.17) is 4.52 Å². The number of nitrogens with zero attached hydrogens (tertiary/aromatic N) is 1. The molecule has 1 unspecified atom stereocenters. The molecule has 23 heavy (non-hydrogen) atoms. The fourth-order valence-corrected chi connectivity index (χ4v) is 2.55. The quantitative estimate of drug-likeness (QED) is 0.771. The fraction of sp³-hybridized carbons (Fsp3) is 0.150. The highest BCUT2D eigenvalue weighted by Gasteiger charge is 2.28. The van der Waals surface area contributed by atoms with Crippen LogP contribution in [0.3, 0.4) is 0 Å². The Morgan fingerprint density at radius 2 is 1.70 bits per heavy atom. The summed E-state index contributed by atoms with van der Waals surface area (Å²) < 4.78 is 5.29. The summed E-state index contributed by atoms with van der Waals surface area (Å²) in [5.41, 5.74) is 1.52. The van der Waals surface area contributed by atoms with Gasteiger partial charge in [-0.3, -0.25) is 0 Å². The van der Waals surface area contributed by atoms with E-state index in [1.807, 2.05) is 85.8 Å². The van der Waals surface area contributed by atoms with E-state index in [9.17, 15) is 5.11 Å². The van der Waals surface area contributed by atoms with Crippen molar-refractivity contribution in [2.24, 2.45) is 0 Å². The zero-order valence-electron chi connectivity index (χ0n) is 13.0. The van der Waals surface area contributed by atoms with Gasteiger partial charge in [-0.2, -0.15) is 0 Å². The van der Waals surface area contributed by atoms with Crippen molar-refractivity contribution in [2.45, 2.75) is 18.9 Å². The Morgan fingerprint density at radius 3 is 2.30 bits per heavy atom. The molecule has 0 saturated carbocycles. The molecule has 1 heterocycles. The summed E-state index contributed by atoms with van der Waals surface area (Å²) in [5.74, 6) is 0.659. The summed E-state index contributed by atoms with van der Waals surface area (Å²) in [6.45, 7) is 1.87. The highest BCUT2D eigenvalue weighted by molar-refractivity contribution is 5.51. The van der Waals surface area contributed by atoms with Crippen LogP contribution in [0.15, 0.2) is 77.3 Å². The number of benzene rings is 2. The van der Waals surface area contributed by atoms with E-state index < -0.39 is 5.60 Å². The standard InChI is InChI=1S/C20H19NO2/c1-16-14-19(23-21-16)15-20(22,18-10-6-3-7-11-18)13-12-17-8-4-2-5-9-17/h2-14,22H,15H2,1H3/b13-12+. The Bertz CT molecular complexity index is 778. The van der Waals surface area contributed by atoms with E-state index >= 15 is 0 Å². The number of aliphatic hydroxyl groups is 1. The average Bonchev–Trinajstić information content (AvgIpc) is 2.99. The van der Waals surface area contributed by atoms with Gasteiger partial charge in [0.2, 0.25) is 0 Å². The van der Waals surface area contributed by atoms with Crippen molar-refractivity contribution in [1.29, 1.82) is 0 Å². The van der Waals surface area contributed by atoms with Gasteiger partial charge in [-0.1, -0.05) is 71.9 Å². The van der Waals surface area contributed by atoms with Crippen molar-refractivity contribution in [2.75, 3.05) is 0 Å². The van der Waals surface area contributed by atoms with Crippen LogP contribution in [0, 0.1) is 6.92 Å². The Kier molecular flexibility index (Phi) is 4.40. The minimum Gasteiger partial charge on any atom is -0.381 e. The molecule has 2 aromatic carbocycles. The minimum atomic E-state index is -1.15. The maximum Gasteiger partial charge on any atom is 0.140 e. The predicted molar refractivity (Wildman–Crippen MR) is 90.8 cm³/mol. The van der Waals surface area contributed by atoms with Crippen LogP contribution >= 0.6 is 0 Å². The SMILES string of the molecule is Cc1cc(CC(O)(/C=C/c2ccccc2)c2ccccc2)on1. The second-order valence-corrected chi connectivity index (χ2v) is 5.65. The number of hydrogen-bond donors (Lipinski definition) is 1. The monoisotopic (exact) mass is 305 g/mol. The van der Waals surface area contributed by atoms with E-state index in [-0.39, 0.29) is 0 Å². The molecule has 1 aromatic heterocycles. The zero-order chi connectivity index (χ0) is 16.1. The van der Waals surface area contributed by atoms with Crippen LogP contribution in [0.4, 0.5) is 0 Å². The molecule has 0 amide bonds. The molecule has 0 aliphatic carbocycles. The molecule has 0 spiro atoms. The molecule has 116 valence electrons. The normalized spacial score (nSPS) is 14.0. The molecule has 3 heteroatoms. The smallest absolute Gasteiger partial charge is 0.140 e. The van der Waals surface area contributed by atoms with Gasteiger partial charge in [-0.15, -0.1) is 0 Å². The Morgan fingerprint density at radius 1 is 1.04 bits per heavy atom. The number of hydrogen-bond acceptors (Lipinski definition) is 3. The van der Waals surface area contributed by atoms with E-state index in [0.717, 1.165) is 16.8 Å². The van der Waals surface area contributed by atoms with Gasteiger partial charge >= 0.3 is 0 Å². The van der Waals surface area contributed by atoms with Crippen molar-refractivity contribution >= 4 is 6.08 Å². The molecule has 1 N–H and O–H groups in total. The maximum absolute atomic E-state index is 11.2. The van der Waals surface area contributed by atoms with E-state index in [2.05, 4.69) is 5.16 Å². The van der Waals surface area contributed by atoms with Gasteiger partial charge in [0.05, 0.1) is 5.69 Å². The summed E-state index contributed by atoms with van der Waals surface area (Å²) in [7, 11) is 0. The van der Waals surface area contributed by atoms with Gasteiger partial charge in [-0.05, 0) is 24.1 Å². The summed E-state index contributed by atoms with van der Waals surface area (Å²) in [6.07, 6.45) is 4.08. The Hall–Kier alpha value is -2.65. The van der Waals surface area contributed by atoms with Crippen LogP contribution in [0.2, 0.25) is 0 Å². The van der Waals surface area contributed by atoms with Crippen LogP contribution in [-0.2, 0) is 12.0 Å². The molecule has 0 aliphatic rings. The van der Waals surface area contributed by atoms with E-state index in [1.54, 1.807) is 0 Å². The Labute approximate surface area is 135 Å². The van der Waals surface area contributed by atoms with Crippen molar-refractivity contribution < 1.29 is 9.63 Å². The minimum absolute atomic E-state index is 0.335. The van der Waals surface area contributed by atoms with Crippen molar-refractivity contribution in [1.82, 2.24) is 5.16 Å². The first-order valence-electron chi connectivity index (χ1n) is 7.60. The lowest BCUT2D eigenvalue weighted by Gasteiger charge is -2.24. The molecule has 3 nitrogen and oxygen atoms in total. The van der Waals surface area contributed by atoms with Gasteiger partial charge in [-0.25, -0.2) is 0 Å². The molecule has 0 saturated heterocycles. The lowest BCUT2D eigenvalue weighted by molar-refractivity contribution is 0.0825. The summed E-state index contributed by atoms with van der Waals surface area (Å²) in [6, 6.07) is 21.4. The second-order valence-electron chi connectivity index (χ2n) is 5.65. The molecular weight excluding hydrogens is 286 g/mol. The van der Waals surface area contributed by atoms with Crippen LogP contribution in [0.25, 0.3) is 6.08 Å². The number of rotatable bonds is 5. The predicted octanol–water partition coefficient (Wildman–Crippen LogP) is 4.13. The van der Waals surface area contributed by atoms with Gasteiger partial charge in [0.15, 0.2) is 0 Å². The third-order valence-electron chi connectivity index (χ3n) is 3.75. The van der Waals surface area contributed by atoms with Gasteiger partial charge in [0.1, 0.15) is 11.4 Å². The first-order chi connectivity index (χ1) is 11.2. The third kappa shape index (κ3) is 3.76. The van der Waals surface area contributed by atoms with Gasteiger partial charge in [0, 0.05) is 12.5 Å². The first kappa shape index (κ1) is 15.3. The zero-order valence-corrected chi connectivity index (χ0v) is 13.0. The Balaban J connectivity index is 1.94. The largest absolute Gasteiger partial charge is 0.381 e. The molecule has 0 aliphatic heterocycles. The summed E-state index contributed by atoms with van der Waals surface area (Å²) in [5, 5.41) is 15.1. The summed E-state index contributed by atoms with van der Waals surface area (Å²) in [4.78, 5) is 0. The number of aryl methyl sites for hydroxylation is 1. The lowest BCUT2D eigenvalue weighted by atomic mass is 9.88. The first-order valence-corrected chi connectivity index (χ1v) is 7.60. The van der Waals surface area contributed by atoms with E-state index in [0.29, 0.717) is 12.2 Å². The molecular formula is C20H19NO2. The molecule has 0 radical (unpaired) electrons. The maximum atomic E-state index is 11.2. The second kappa shape index (κ2) is 6.63. The molecule has 3 rings (SSSR count). The van der Waals surface area contributed by atoms with Gasteiger partial charge in [0.25, 0.3) is 0 Å². The van der Waals surface area contributed by atoms with Crippen molar-refractivity contribution in [3.63, 3.8) is 0 Å². The van der Waals surface area contributed by atoms with Crippen molar-refractivity contribution in [3.05, 3.63) is 95.4 Å². The lowest BCUT2D eigenvalue weighted by Crippen LogP contribution is -2.25.